The van der Waals surface area contributed by atoms with E-state index in [1.807, 2.05) is 38.1 Å². The van der Waals surface area contributed by atoms with Gasteiger partial charge in [0, 0.05) is 23.5 Å². The number of nitrogens with one attached hydrogen (secondary N) is 1. The van der Waals surface area contributed by atoms with Gasteiger partial charge in [0.15, 0.2) is 0 Å². The molecule has 1 aliphatic rings. The van der Waals surface area contributed by atoms with Gasteiger partial charge in [0.2, 0.25) is 11.8 Å². The van der Waals surface area contributed by atoms with E-state index < -0.39 is 6.04 Å². The number of hydrogen-bond acceptors (Lipinski definition) is 2. The highest BCUT2D eigenvalue weighted by Gasteiger charge is 2.27. The molecule has 2 amide bonds. The molecule has 1 N–H and O–H groups in total. The van der Waals surface area contributed by atoms with Gasteiger partial charge < -0.3 is 10.2 Å². The SMILES string of the molecule is CCC(=O)N(Cc1ccc(Br)cc1)[C@H](C)C(=O)NC1CCCC1. The van der Waals surface area contributed by atoms with Crippen molar-refractivity contribution in [3.8, 4) is 0 Å². The Morgan fingerprint density at radius 3 is 2.43 bits per heavy atom. The molecule has 0 spiro atoms. The zero-order valence-electron chi connectivity index (χ0n) is 13.8. The molecule has 0 radical (unpaired) electrons. The molecular formula is C18H25BrN2O2. The van der Waals surface area contributed by atoms with Gasteiger partial charge in [-0.15, -0.1) is 0 Å². The number of nitrogens with zero attached hydrogens (tertiary/aromatic N) is 1. The van der Waals surface area contributed by atoms with Crippen molar-refractivity contribution in [3.63, 3.8) is 0 Å². The molecule has 0 unspecified atom stereocenters. The molecule has 5 heteroatoms. The highest BCUT2D eigenvalue weighted by Crippen LogP contribution is 2.19. The minimum Gasteiger partial charge on any atom is -0.352 e. The highest BCUT2D eigenvalue weighted by molar-refractivity contribution is 9.10. The third-order valence-corrected chi connectivity index (χ3v) is 4.97. The summed E-state index contributed by atoms with van der Waals surface area (Å²) in [6.07, 6.45) is 4.85. The molecule has 1 saturated carbocycles. The van der Waals surface area contributed by atoms with Crippen molar-refractivity contribution in [2.45, 2.75) is 64.6 Å². The quantitative estimate of drug-likeness (QED) is 0.818. The fourth-order valence-electron chi connectivity index (χ4n) is 2.96. The van der Waals surface area contributed by atoms with Gasteiger partial charge in [-0.25, -0.2) is 0 Å². The summed E-state index contributed by atoms with van der Waals surface area (Å²) >= 11 is 3.41. The Morgan fingerprint density at radius 2 is 1.87 bits per heavy atom. The molecule has 0 saturated heterocycles. The average Bonchev–Trinajstić information content (AvgIpc) is 3.06. The first-order chi connectivity index (χ1) is 11.0. The number of rotatable bonds is 6. The summed E-state index contributed by atoms with van der Waals surface area (Å²) in [5.41, 5.74) is 1.02. The molecule has 4 nitrogen and oxygen atoms in total. The van der Waals surface area contributed by atoms with Crippen molar-refractivity contribution in [3.05, 3.63) is 34.3 Å². The van der Waals surface area contributed by atoms with Crippen LogP contribution in [0.4, 0.5) is 0 Å². The van der Waals surface area contributed by atoms with Gasteiger partial charge in [-0.1, -0.05) is 47.8 Å². The standard InChI is InChI=1S/C18H25BrN2O2/c1-3-17(22)21(12-14-8-10-15(19)11-9-14)13(2)18(23)20-16-6-4-5-7-16/h8-11,13,16H,3-7,12H2,1-2H3,(H,20,23)/t13-/m1/s1. The van der Waals surface area contributed by atoms with E-state index in [4.69, 9.17) is 0 Å². The van der Waals surface area contributed by atoms with Gasteiger partial charge in [-0.3, -0.25) is 9.59 Å². The lowest BCUT2D eigenvalue weighted by atomic mass is 10.1. The Labute approximate surface area is 146 Å². The second-order valence-electron chi connectivity index (χ2n) is 6.17. The molecule has 0 aliphatic heterocycles. The molecule has 2 rings (SSSR count). The second kappa shape index (κ2) is 8.48. The molecule has 0 aromatic heterocycles. The lowest BCUT2D eigenvalue weighted by molar-refractivity contribution is -0.140. The minimum atomic E-state index is -0.452. The Bertz CT molecular complexity index is 538. The van der Waals surface area contributed by atoms with Crippen LogP contribution in [-0.2, 0) is 16.1 Å². The lowest BCUT2D eigenvalue weighted by Crippen LogP contribution is -2.49. The molecule has 1 atom stereocenters. The topological polar surface area (TPSA) is 49.4 Å². The number of benzene rings is 1. The van der Waals surface area contributed by atoms with E-state index in [9.17, 15) is 9.59 Å². The van der Waals surface area contributed by atoms with Crippen LogP contribution >= 0.6 is 15.9 Å². The third kappa shape index (κ3) is 5.06. The smallest absolute Gasteiger partial charge is 0.242 e. The van der Waals surface area contributed by atoms with Crippen LogP contribution in [0, 0.1) is 0 Å². The van der Waals surface area contributed by atoms with Crippen LogP contribution in [0.3, 0.4) is 0 Å². The van der Waals surface area contributed by atoms with Gasteiger partial charge in [0.1, 0.15) is 6.04 Å². The Hall–Kier alpha value is -1.36. The largest absolute Gasteiger partial charge is 0.352 e. The predicted molar refractivity (Wildman–Crippen MR) is 94.8 cm³/mol. The van der Waals surface area contributed by atoms with E-state index in [0.29, 0.717) is 13.0 Å². The Morgan fingerprint density at radius 1 is 1.26 bits per heavy atom. The number of halogens is 1. The van der Waals surface area contributed by atoms with Crippen molar-refractivity contribution in [2.24, 2.45) is 0 Å². The van der Waals surface area contributed by atoms with E-state index in [1.54, 1.807) is 4.90 Å². The monoisotopic (exact) mass is 380 g/mol. The number of hydrogen-bond donors (Lipinski definition) is 1. The second-order valence-corrected chi connectivity index (χ2v) is 7.08. The van der Waals surface area contributed by atoms with Gasteiger partial charge in [-0.05, 0) is 37.5 Å². The van der Waals surface area contributed by atoms with Crippen LogP contribution in [-0.4, -0.2) is 28.8 Å². The van der Waals surface area contributed by atoms with Gasteiger partial charge in [0.25, 0.3) is 0 Å². The number of carbonyl (C=O) groups is 2. The molecule has 1 fully saturated rings. The average molecular weight is 381 g/mol. The molecule has 1 aliphatic carbocycles. The van der Waals surface area contributed by atoms with Crippen molar-refractivity contribution in [2.75, 3.05) is 0 Å². The zero-order valence-corrected chi connectivity index (χ0v) is 15.4. The van der Waals surface area contributed by atoms with Crippen molar-refractivity contribution in [1.29, 1.82) is 0 Å². The van der Waals surface area contributed by atoms with E-state index >= 15 is 0 Å². The maximum Gasteiger partial charge on any atom is 0.242 e. The summed E-state index contributed by atoms with van der Waals surface area (Å²) < 4.78 is 1.00. The fourth-order valence-corrected chi connectivity index (χ4v) is 3.23. The normalized spacial score (nSPS) is 16.1. The Kier molecular flexibility index (Phi) is 6.63. The summed E-state index contributed by atoms with van der Waals surface area (Å²) in [4.78, 5) is 26.5. The van der Waals surface area contributed by atoms with Crippen LogP contribution in [0.15, 0.2) is 28.7 Å². The molecule has 1 aromatic rings. The number of amides is 2. The molecule has 126 valence electrons. The van der Waals surface area contributed by atoms with E-state index in [0.717, 1.165) is 22.9 Å². The lowest BCUT2D eigenvalue weighted by Gasteiger charge is -2.29. The predicted octanol–water partition coefficient (Wildman–Crippen LogP) is 3.64. The van der Waals surface area contributed by atoms with Gasteiger partial charge in [-0.2, -0.15) is 0 Å². The summed E-state index contributed by atoms with van der Waals surface area (Å²) in [6.45, 7) is 4.11. The van der Waals surface area contributed by atoms with E-state index in [1.165, 1.54) is 12.8 Å². The molecule has 0 heterocycles. The van der Waals surface area contributed by atoms with E-state index in [2.05, 4.69) is 21.2 Å². The van der Waals surface area contributed by atoms with Crippen LogP contribution in [0.5, 0.6) is 0 Å². The van der Waals surface area contributed by atoms with Crippen LogP contribution < -0.4 is 5.32 Å². The van der Waals surface area contributed by atoms with E-state index in [-0.39, 0.29) is 17.9 Å². The van der Waals surface area contributed by atoms with Crippen molar-refractivity contribution < 1.29 is 9.59 Å². The maximum atomic E-state index is 12.5. The van der Waals surface area contributed by atoms with Crippen LogP contribution in [0.25, 0.3) is 0 Å². The molecule has 1 aromatic carbocycles. The van der Waals surface area contributed by atoms with Crippen LogP contribution in [0.2, 0.25) is 0 Å². The molecule has 23 heavy (non-hydrogen) atoms. The summed E-state index contributed by atoms with van der Waals surface area (Å²) in [5.74, 6) is -0.0437. The highest BCUT2D eigenvalue weighted by atomic mass is 79.9. The van der Waals surface area contributed by atoms with Crippen molar-refractivity contribution in [1.82, 2.24) is 10.2 Å². The maximum absolute atomic E-state index is 12.5. The fraction of sp³-hybridized carbons (Fsp3) is 0.556. The zero-order chi connectivity index (χ0) is 16.8. The third-order valence-electron chi connectivity index (χ3n) is 4.44. The molecular weight excluding hydrogens is 356 g/mol. The number of carbonyl (C=O) groups excluding carboxylic acids is 2. The van der Waals surface area contributed by atoms with Gasteiger partial charge >= 0.3 is 0 Å². The van der Waals surface area contributed by atoms with Crippen LogP contribution in [0.1, 0.15) is 51.5 Å². The first-order valence-corrected chi connectivity index (χ1v) is 9.15. The summed E-state index contributed by atoms with van der Waals surface area (Å²) in [5, 5.41) is 3.09. The Balaban J connectivity index is 2.05. The summed E-state index contributed by atoms with van der Waals surface area (Å²) in [7, 11) is 0. The molecule has 0 bridgehead atoms. The minimum absolute atomic E-state index is 0.00184. The summed E-state index contributed by atoms with van der Waals surface area (Å²) in [6, 6.07) is 7.67. The first-order valence-electron chi connectivity index (χ1n) is 8.35. The van der Waals surface area contributed by atoms with Crippen molar-refractivity contribution >= 4 is 27.7 Å². The first kappa shape index (κ1) is 18.0. The van der Waals surface area contributed by atoms with Gasteiger partial charge in [0.05, 0.1) is 0 Å².